The van der Waals surface area contributed by atoms with Gasteiger partial charge < -0.3 is 65.1 Å². The van der Waals surface area contributed by atoms with Crippen LogP contribution in [-0.4, -0.2) is 140 Å². The summed E-state index contributed by atoms with van der Waals surface area (Å²) < 4.78 is 22.9. The summed E-state index contributed by atoms with van der Waals surface area (Å²) in [6.45, 7) is 2.69. The van der Waals surface area contributed by atoms with Crippen LogP contribution in [0.15, 0.2) is 85.1 Å². The van der Waals surface area contributed by atoms with Gasteiger partial charge in [0.1, 0.15) is 48.8 Å². The molecule has 0 aromatic rings. The van der Waals surface area contributed by atoms with Gasteiger partial charge in [-0.3, -0.25) is 4.79 Å². The summed E-state index contributed by atoms with van der Waals surface area (Å²) in [5.41, 5.74) is 0. The van der Waals surface area contributed by atoms with Crippen molar-refractivity contribution in [1.29, 1.82) is 0 Å². The lowest BCUT2D eigenvalue weighted by Crippen LogP contribution is -2.65. The summed E-state index contributed by atoms with van der Waals surface area (Å²) in [6.07, 6.45) is 68.0. The molecule has 12 unspecified atom stereocenters. The topological polar surface area (TPSA) is 228 Å². The Morgan fingerprint density at radius 2 is 0.769 bits per heavy atom. The average Bonchev–Trinajstić information content (AvgIpc) is 0.888. The number of hydrogen-bond donors (Lipinski definition) is 9. The molecule has 9 N–H and O–H groups in total. The molecule has 12 atom stereocenters. The molecule has 2 saturated heterocycles. The molecule has 14 heteroatoms. The van der Waals surface area contributed by atoms with Crippen LogP contribution < -0.4 is 5.32 Å². The quantitative estimate of drug-likeness (QED) is 0.0204. The van der Waals surface area contributed by atoms with Gasteiger partial charge in [-0.05, 0) is 83.5 Å². The zero-order valence-corrected chi connectivity index (χ0v) is 57.6. The lowest BCUT2D eigenvalue weighted by atomic mass is 9.97. The van der Waals surface area contributed by atoms with Crippen LogP contribution in [0.5, 0.6) is 0 Å². The number of allylic oxidation sites excluding steroid dienone is 13. The fraction of sp³-hybridized carbons (Fsp3) is 0.805. The van der Waals surface area contributed by atoms with Crippen LogP contribution >= 0.6 is 0 Å². The standard InChI is InChI=1S/C77H137NO13/c1-3-5-7-9-11-13-15-17-19-21-23-25-27-28-29-30-31-32-33-34-35-36-37-38-39-41-43-45-47-49-51-53-55-57-59-61-69(82)78-65(64-88-76-74(87)72(85)75(68(63-80)90-76)91-77-73(86)71(84)70(83)67(62-79)89-77)66(81)60-58-56-54-52-50-48-46-44-42-40-26-24-22-20-18-16-14-12-10-8-6-4-2/h5,7,11,13,17,19,23,25,42,44,50,52,58,60,65-68,70-77,79-81,83-87H,3-4,6,8-10,12,14-16,18,20-22,24,26-41,43,45-49,51,53-57,59,61-64H2,1-2H3,(H,78,82)/b7-5-,13-11-,19-17-,25-23-,44-42+,52-50+,60-58+. The van der Waals surface area contributed by atoms with Crippen LogP contribution in [-0.2, 0) is 23.7 Å². The van der Waals surface area contributed by atoms with Crippen molar-refractivity contribution in [3.8, 4) is 0 Å². The van der Waals surface area contributed by atoms with E-state index in [1.807, 2.05) is 6.08 Å². The fourth-order valence-corrected chi connectivity index (χ4v) is 11.9. The zero-order valence-electron chi connectivity index (χ0n) is 57.6. The van der Waals surface area contributed by atoms with E-state index < -0.39 is 86.8 Å². The van der Waals surface area contributed by atoms with Gasteiger partial charge in [0.25, 0.3) is 0 Å². The molecule has 0 aliphatic carbocycles. The highest BCUT2D eigenvalue weighted by molar-refractivity contribution is 5.76. The normalized spacial score (nSPS) is 23.3. The predicted octanol–water partition coefficient (Wildman–Crippen LogP) is 16.0. The van der Waals surface area contributed by atoms with Crippen LogP contribution in [0.1, 0.15) is 303 Å². The maximum atomic E-state index is 13.3. The third kappa shape index (κ3) is 44.5. The summed E-state index contributed by atoms with van der Waals surface area (Å²) in [5, 5.41) is 87.5. The van der Waals surface area contributed by atoms with Crippen molar-refractivity contribution in [3.63, 3.8) is 0 Å². The average molecular weight is 1280 g/mol. The number of carbonyl (C=O) groups excluding carboxylic acids is 1. The second kappa shape index (κ2) is 60.8. The zero-order chi connectivity index (χ0) is 65.9. The Balaban J connectivity index is 1.64. The van der Waals surface area contributed by atoms with Crippen molar-refractivity contribution in [2.24, 2.45) is 0 Å². The summed E-state index contributed by atoms with van der Waals surface area (Å²) in [5.74, 6) is -0.250. The molecule has 0 bridgehead atoms. The summed E-state index contributed by atoms with van der Waals surface area (Å²) in [7, 11) is 0. The molecule has 0 aromatic heterocycles. The summed E-state index contributed by atoms with van der Waals surface area (Å²) in [4.78, 5) is 13.3. The highest BCUT2D eigenvalue weighted by atomic mass is 16.7. The number of nitrogens with one attached hydrogen (secondary N) is 1. The first-order chi connectivity index (χ1) is 44.6. The third-order valence-electron chi connectivity index (χ3n) is 17.8. The van der Waals surface area contributed by atoms with E-state index >= 15 is 0 Å². The monoisotopic (exact) mass is 1280 g/mol. The van der Waals surface area contributed by atoms with Crippen LogP contribution in [0.4, 0.5) is 0 Å². The molecule has 2 aliphatic rings. The largest absolute Gasteiger partial charge is 0.394 e. The van der Waals surface area contributed by atoms with Crippen molar-refractivity contribution in [2.75, 3.05) is 19.8 Å². The van der Waals surface area contributed by atoms with Gasteiger partial charge in [0, 0.05) is 6.42 Å². The van der Waals surface area contributed by atoms with Crippen LogP contribution in [0.2, 0.25) is 0 Å². The summed E-state index contributed by atoms with van der Waals surface area (Å²) >= 11 is 0. The first kappa shape index (κ1) is 84.3. The molecule has 0 saturated carbocycles. The molecule has 2 aliphatic heterocycles. The van der Waals surface area contributed by atoms with Gasteiger partial charge in [0.15, 0.2) is 12.6 Å². The van der Waals surface area contributed by atoms with E-state index in [1.165, 1.54) is 199 Å². The maximum absolute atomic E-state index is 13.3. The van der Waals surface area contributed by atoms with Crippen LogP contribution in [0, 0.1) is 0 Å². The molecular formula is C77H137NO13. The Labute approximate surface area is 554 Å². The van der Waals surface area contributed by atoms with Crippen molar-refractivity contribution in [3.05, 3.63) is 85.1 Å². The van der Waals surface area contributed by atoms with E-state index in [0.717, 1.165) is 70.6 Å². The molecule has 14 nitrogen and oxygen atoms in total. The Hall–Kier alpha value is -2.83. The Morgan fingerprint density at radius 1 is 0.407 bits per heavy atom. The Bertz CT molecular complexity index is 1850. The van der Waals surface area contributed by atoms with E-state index in [0.29, 0.717) is 12.8 Å². The highest BCUT2D eigenvalue weighted by Crippen LogP contribution is 2.30. The van der Waals surface area contributed by atoms with E-state index in [9.17, 15) is 45.6 Å². The lowest BCUT2D eigenvalue weighted by molar-refractivity contribution is -0.359. The maximum Gasteiger partial charge on any atom is 0.220 e. The van der Waals surface area contributed by atoms with Gasteiger partial charge in [-0.2, -0.15) is 0 Å². The second-order valence-corrected chi connectivity index (χ2v) is 26.0. The first-order valence-corrected chi connectivity index (χ1v) is 37.3. The van der Waals surface area contributed by atoms with Crippen LogP contribution in [0.3, 0.4) is 0 Å². The predicted molar refractivity (Wildman–Crippen MR) is 373 cm³/mol. The minimum Gasteiger partial charge on any atom is -0.394 e. The van der Waals surface area contributed by atoms with Gasteiger partial charge >= 0.3 is 0 Å². The number of hydrogen-bond acceptors (Lipinski definition) is 13. The van der Waals surface area contributed by atoms with Crippen LogP contribution in [0.25, 0.3) is 0 Å². The minimum atomic E-state index is -1.80. The van der Waals surface area contributed by atoms with Crippen molar-refractivity contribution >= 4 is 5.91 Å². The third-order valence-corrected chi connectivity index (χ3v) is 17.8. The minimum absolute atomic E-state index is 0.250. The molecule has 2 rings (SSSR count). The van der Waals surface area contributed by atoms with E-state index in [4.69, 9.17) is 18.9 Å². The lowest BCUT2D eigenvalue weighted by Gasteiger charge is -2.46. The highest BCUT2D eigenvalue weighted by Gasteiger charge is 2.51. The second-order valence-electron chi connectivity index (χ2n) is 26.0. The number of aliphatic hydroxyl groups is 8. The molecule has 528 valence electrons. The van der Waals surface area contributed by atoms with E-state index in [2.05, 4.69) is 92.1 Å². The van der Waals surface area contributed by atoms with E-state index in [-0.39, 0.29) is 18.9 Å². The molecule has 0 radical (unpaired) electrons. The van der Waals surface area contributed by atoms with Crippen molar-refractivity contribution in [1.82, 2.24) is 5.32 Å². The van der Waals surface area contributed by atoms with Gasteiger partial charge in [-0.25, -0.2) is 0 Å². The van der Waals surface area contributed by atoms with Gasteiger partial charge in [-0.15, -0.1) is 0 Å². The SMILES string of the molecule is CC/C=C\C/C=C\C/C=C\C/C=C\CCCCCCCCCCCCCCCCCCCCCCCCC(=O)NC(COC1OC(CO)C(OC2OC(CO)C(O)C(O)C2O)C(O)C1O)C(O)/C=C/CC/C=C/CC/C=C/CCCCCCCCCCCCCC. The number of amides is 1. The molecular weight excluding hydrogens is 1150 g/mol. The van der Waals surface area contributed by atoms with Gasteiger partial charge in [0.05, 0.1) is 32.0 Å². The van der Waals surface area contributed by atoms with E-state index in [1.54, 1.807) is 6.08 Å². The smallest absolute Gasteiger partial charge is 0.220 e. The number of rotatable bonds is 61. The molecule has 2 fully saturated rings. The van der Waals surface area contributed by atoms with Crippen molar-refractivity contribution < 1.29 is 64.6 Å². The molecule has 1 amide bonds. The Kier molecular flexibility index (Phi) is 56.3. The molecule has 91 heavy (non-hydrogen) atoms. The summed E-state index contributed by atoms with van der Waals surface area (Å²) in [6, 6.07) is -0.941. The number of unbranched alkanes of at least 4 members (excludes halogenated alkanes) is 36. The molecule has 0 spiro atoms. The van der Waals surface area contributed by atoms with Crippen molar-refractivity contribution in [2.45, 2.75) is 376 Å². The molecule has 0 aromatic carbocycles. The molecule has 2 heterocycles. The number of aliphatic hydroxyl groups excluding tert-OH is 8. The Morgan fingerprint density at radius 3 is 1.21 bits per heavy atom. The number of ether oxygens (including phenoxy) is 4. The first-order valence-electron chi connectivity index (χ1n) is 37.3. The van der Waals surface area contributed by atoms with Gasteiger partial charge in [-0.1, -0.05) is 298 Å². The van der Waals surface area contributed by atoms with Gasteiger partial charge in [0.2, 0.25) is 5.91 Å². The number of carbonyl (C=O) groups is 1. The fourth-order valence-electron chi connectivity index (χ4n) is 11.9.